The number of amides is 1. The zero-order chi connectivity index (χ0) is 17.0. The van der Waals surface area contributed by atoms with Gasteiger partial charge in [0.05, 0.1) is 15.6 Å². The van der Waals surface area contributed by atoms with Crippen LogP contribution in [0.4, 0.5) is 5.69 Å². The molecule has 2 N–H and O–H groups in total. The van der Waals surface area contributed by atoms with Crippen molar-refractivity contribution in [1.29, 1.82) is 0 Å². The maximum Gasteiger partial charge on any atom is 0.271 e. The van der Waals surface area contributed by atoms with Crippen LogP contribution in [0.3, 0.4) is 0 Å². The molecule has 23 heavy (non-hydrogen) atoms. The summed E-state index contributed by atoms with van der Waals surface area (Å²) >= 11 is 6.28. The van der Waals surface area contributed by atoms with E-state index in [-0.39, 0.29) is 21.5 Å². The molecule has 0 radical (unpaired) electrons. The van der Waals surface area contributed by atoms with Crippen molar-refractivity contribution in [1.82, 2.24) is 5.43 Å². The molecule has 0 saturated carbocycles. The fourth-order valence-corrected chi connectivity index (χ4v) is 2.36. The molecule has 0 atom stereocenters. The van der Waals surface area contributed by atoms with Crippen LogP contribution in [0.2, 0.25) is 0 Å². The molecule has 0 aliphatic heterocycles. The molecular weight excluding hydrogens is 434 g/mol. The Morgan fingerprint density at radius 2 is 1.91 bits per heavy atom. The second-order valence-electron chi connectivity index (χ2n) is 4.33. The van der Waals surface area contributed by atoms with Gasteiger partial charge < -0.3 is 5.11 Å². The minimum Gasteiger partial charge on any atom is -0.506 e. The largest absolute Gasteiger partial charge is 0.506 e. The Morgan fingerprint density at radius 3 is 2.52 bits per heavy atom. The number of rotatable bonds is 4. The van der Waals surface area contributed by atoms with Gasteiger partial charge in [-0.25, -0.2) is 5.43 Å². The fraction of sp³-hybridized carbons (Fsp3) is 0. The number of halogens is 2. The fourth-order valence-electron chi connectivity index (χ4n) is 1.64. The first-order valence-electron chi connectivity index (χ1n) is 6.14. The molecule has 1 amide bonds. The molecule has 0 unspecified atom stereocenters. The Morgan fingerprint density at radius 1 is 1.26 bits per heavy atom. The third-order valence-electron chi connectivity index (χ3n) is 2.76. The van der Waals surface area contributed by atoms with Crippen LogP contribution in [0.5, 0.6) is 5.75 Å². The predicted molar refractivity (Wildman–Crippen MR) is 91.7 cm³/mol. The quantitative estimate of drug-likeness (QED) is 0.428. The van der Waals surface area contributed by atoms with E-state index in [0.29, 0.717) is 5.56 Å². The van der Waals surface area contributed by atoms with E-state index in [2.05, 4.69) is 42.4 Å². The van der Waals surface area contributed by atoms with Crippen molar-refractivity contribution in [3.05, 3.63) is 66.6 Å². The lowest BCUT2D eigenvalue weighted by atomic mass is 10.2. The number of hydrogen-bond acceptors (Lipinski definition) is 5. The molecule has 7 nitrogen and oxygen atoms in total. The topological polar surface area (TPSA) is 105 Å². The minimum absolute atomic E-state index is 0.0992. The molecule has 118 valence electrons. The van der Waals surface area contributed by atoms with Crippen molar-refractivity contribution >= 4 is 49.7 Å². The summed E-state index contributed by atoms with van der Waals surface area (Å²) in [6, 6.07) is 8.96. The summed E-state index contributed by atoms with van der Waals surface area (Å²) in [4.78, 5) is 22.1. The summed E-state index contributed by atoms with van der Waals surface area (Å²) in [5.41, 5.74) is 2.57. The molecule has 9 heteroatoms. The van der Waals surface area contributed by atoms with Gasteiger partial charge in [0.1, 0.15) is 5.75 Å². The summed E-state index contributed by atoms with van der Waals surface area (Å²) < 4.78 is 0.997. The highest BCUT2D eigenvalue weighted by atomic mass is 79.9. The summed E-state index contributed by atoms with van der Waals surface area (Å²) in [5, 5.41) is 24.3. The number of nitro groups is 1. The van der Waals surface area contributed by atoms with Gasteiger partial charge in [-0.1, -0.05) is 15.9 Å². The average molecular weight is 443 g/mol. The number of hydrazone groups is 1. The smallest absolute Gasteiger partial charge is 0.271 e. The van der Waals surface area contributed by atoms with Crippen LogP contribution in [0.1, 0.15) is 15.9 Å². The van der Waals surface area contributed by atoms with Gasteiger partial charge in [-0.05, 0) is 40.2 Å². The maximum absolute atomic E-state index is 11.9. The van der Waals surface area contributed by atoms with Gasteiger partial charge in [-0.3, -0.25) is 14.9 Å². The van der Waals surface area contributed by atoms with E-state index < -0.39 is 10.8 Å². The number of carbonyl (C=O) groups is 1. The molecule has 2 aromatic carbocycles. The number of aromatic hydroxyl groups is 1. The summed E-state index contributed by atoms with van der Waals surface area (Å²) in [6.45, 7) is 0. The number of hydrogen-bond donors (Lipinski definition) is 2. The molecule has 0 aliphatic carbocycles. The highest BCUT2D eigenvalue weighted by Gasteiger charge is 2.13. The van der Waals surface area contributed by atoms with Crippen LogP contribution in [-0.4, -0.2) is 22.2 Å². The standard InChI is InChI=1S/C14H9Br2N3O4/c15-10-3-1-8(2-4-10)14(21)18-17-7-9-5-11(19(22)23)6-12(16)13(9)20/h1-7,20H,(H,18,21)/b17-7+. The average Bonchev–Trinajstić information content (AvgIpc) is 2.51. The van der Waals surface area contributed by atoms with E-state index >= 15 is 0 Å². The number of nitrogens with one attached hydrogen (secondary N) is 1. The first kappa shape index (κ1) is 17.1. The lowest BCUT2D eigenvalue weighted by molar-refractivity contribution is -0.385. The van der Waals surface area contributed by atoms with Crippen LogP contribution in [0.15, 0.2) is 50.4 Å². The van der Waals surface area contributed by atoms with Crippen molar-refractivity contribution in [2.75, 3.05) is 0 Å². The molecule has 0 fully saturated rings. The van der Waals surface area contributed by atoms with Gasteiger partial charge in [-0.15, -0.1) is 0 Å². The third-order valence-corrected chi connectivity index (χ3v) is 3.90. The van der Waals surface area contributed by atoms with Gasteiger partial charge in [0.2, 0.25) is 0 Å². The number of phenolic OH excluding ortho intramolecular Hbond substituents is 1. The molecule has 2 aromatic rings. The molecular formula is C14H9Br2N3O4. The van der Waals surface area contributed by atoms with Gasteiger partial charge in [0.15, 0.2) is 0 Å². The highest BCUT2D eigenvalue weighted by molar-refractivity contribution is 9.10. The highest BCUT2D eigenvalue weighted by Crippen LogP contribution is 2.31. The van der Waals surface area contributed by atoms with Crippen LogP contribution >= 0.6 is 31.9 Å². The Labute approximate surface area is 147 Å². The molecule has 2 rings (SSSR count). The van der Waals surface area contributed by atoms with Crippen LogP contribution in [-0.2, 0) is 0 Å². The van der Waals surface area contributed by atoms with Crippen molar-refractivity contribution in [2.24, 2.45) is 5.10 Å². The molecule has 0 saturated heterocycles. The molecule has 0 heterocycles. The molecule has 0 aliphatic rings. The van der Waals surface area contributed by atoms with Crippen molar-refractivity contribution < 1.29 is 14.8 Å². The molecule has 0 aromatic heterocycles. The SMILES string of the molecule is O=C(N/N=C/c1cc([N+](=O)[O-])cc(Br)c1O)c1ccc(Br)cc1. The van der Waals surface area contributed by atoms with E-state index in [1.165, 1.54) is 6.07 Å². The predicted octanol–water partition coefficient (Wildman–Crippen LogP) is 3.59. The van der Waals surface area contributed by atoms with Crippen LogP contribution in [0, 0.1) is 10.1 Å². The van der Waals surface area contributed by atoms with Crippen LogP contribution in [0.25, 0.3) is 0 Å². The second-order valence-corrected chi connectivity index (χ2v) is 6.10. The van der Waals surface area contributed by atoms with Crippen molar-refractivity contribution in [3.8, 4) is 5.75 Å². The van der Waals surface area contributed by atoms with Crippen molar-refractivity contribution in [3.63, 3.8) is 0 Å². The number of non-ortho nitro benzene ring substituents is 1. The Hall–Kier alpha value is -2.26. The first-order chi connectivity index (χ1) is 10.9. The van der Waals surface area contributed by atoms with E-state index in [1.54, 1.807) is 24.3 Å². The Balaban J connectivity index is 2.15. The Bertz CT molecular complexity index is 791. The summed E-state index contributed by atoms with van der Waals surface area (Å²) in [7, 11) is 0. The van der Waals surface area contributed by atoms with E-state index in [1.807, 2.05) is 0 Å². The van der Waals surface area contributed by atoms with Crippen molar-refractivity contribution in [2.45, 2.75) is 0 Å². The second kappa shape index (κ2) is 7.34. The zero-order valence-corrected chi connectivity index (χ0v) is 14.5. The zero-order valence-electron chi connectivity index (χ0n) is 11.4. The normalized spacial score (nSPS) is 10.7. The monoisotopic (exact) mass is 441 g/mol. The van der Waals surface area contributed by atoms with Gasteiger partial charge in [0.25, 0.3) is 11.6 Å². The minimum atomic E-state index is -0.595. The Kier molecular flexibility index (Phi) is 5.45. The lowest BCUT2D eigenvalue weighted by Gasteiger charge is -2.03. The van der Waals surface area contributed by atoms with Crippen LogP contribution < -0.4 is 5.43 Å². The number of carbonyl (C=O) groups excluding carboxylic acids is 1. The molecule has 0 bridgehead atoms. The lowest BCUT2D eigenvalue weighted by Crippen LogP contribution is -2.17. The summed E-state index contributed by atoms with van der Waals surface area (Å²) in [6.07, 6.45) is 1.13. The van der Waals surface area contributed by atoms with E-state index in [4.69, 9.17) is 0 Å². The van der Waals surface area contributed by atoms with Gasteiger partial charge in [0, 0.05) is 27.7 Å². The first-order valence-corrected chi connectivity index (χ1v) is 7.73. The number of nitro benzene ring substituents is 1. The third kappa shape index (κ3) is 4.36. The summed E-state index contributed by atoms with van der Waals surface area (Å²) in [5.74, 6) is -0.657. The number of nitrogens with zero attached hydrogens (tertiary/aromatic N) is 2. The van der Waals surface area contributed by atoms with Gasteiger partial charge in [-0.2, -0.15) is 5.10 Å². The number of phenols is 1. The maximum atomic E-state index is 11.9. The van der Waals surface area contributed by atoms with E-state index in [0.717, 1.165) is 16.8 Å². The van der Waals surface area contributed by atoms with Gasteiger partial charge >= 0.3 is 0 Å². The molecule has 0 spiro atoms. The number of benzene rings is 2. The van der Waals surface area contributed by atoms with E-state index in [9.17, 15) is 20.0 Å².